The van der Waals surface area contributed by atoms with E-state index in [9.17, 15) is 18.0 Å². The van der Waals surface area contributed by atoms with Crippen LogP contribution < -0.4 is 5.69 Å². The van der Waals surface area contributed by atoms with Gasteiger partial charge in [0.2, 0.25) is 5.82 Å². The molecule has 0 spiro atoms. The van der Waals surface area contributed by atoms with E-state index in [1.54, 1.807) is 12.1 Å². The van der Waals surface area contributed by atoms with E-state index in [0.29, 0.717) is 5.56 Å². The molecule has 0 bridgehead atoms. The molecule has 0 saturated carbocycles. The van der Waals surface area contributed by atoms with Crippen LogP contribution in [0.3, 0.4) is 0 Å². The third-order valence-corrected chi connectivity index (χ3v) is 2.99. The Labute approximate surface area is 126 Å². The number of hydrogen-bond acceptors (Lipinski definition) is 6. The first kappa shape index (κ1) is 14.9. The Bertz CT molecular complexity index is 877. The fourth-order valence-electron chi connectivity index (χ4n) is 1.84. The molecule has 0 N–H and O–H groups in total. The Balaban J connectivity index is 1.81. The van der Waals surface area contributed by atoms with Crippen LogP contribution in [0, 0.1) is 0 Å². The van der Waals surface area contributed by atoms with Crippen molar-refractivity contribution < 1.29 is 17.7 Å². The normalized spacial score (nSPS) is 11.8. The summed E-state index contributed by atoms with van der Waals surface area (Å²) in [6.45, 7) is 0.187. The molecule has 0 aliphatic heterocycles. The molecule has 0 amide bonds. The molecule has 1 aromatic carbocycles. The molecule has 8 nitrogen and oxygen atoms in total. The van der Waals surface area contributed by atoms with Crippen molar-refractivity contribution in [3.63, 3.8) is 0 Å². The van der Waals surface area contributed by atoms with Crippen LogP contribution in [0.1, 0.15) is 11.5 Å². The highest BCUT2D eigenvalue weighted by atomic mass is 19.4. The van der Waals surface area contributed by atoms with Crippen LogP contribution >= 0.6 is 0 Å². The van der Waals surface area contributed by atoms with Crippen molar-refractivity contribution in [3.8, 4) is 11.4 Å². The van der Waals surface area contributed by atoms with Crippen molar-refractivity contribution in [2.45, 2.75) is 12.7 Å². The van der Waals surface area contributed by atoms with Gasteiger partial charge in [-0.2, -0.15) is 27.5 Å². The summed E-state index contributed by atoms with van der Waals surface area (Å²) in [7, 11) is 1.48. The van der Waals surface area contributed by atoms with E-state index in [4.69, 9.17) is 0 Å². The predicted molar refractivity (Wildman–Crippen MR) is 69.1 cm³/mol. The maximum atomic E-state index is 12.4. The lowest BCUT2D eigenvalue weighted by atomic mass is 10.1. The van der Waals surface area contributed by atoms with E-state index in [1.807, 2.05) is 0 Å². The quantitative estimate of drug-likeness (QED) is 0.715. The molecule has 0 aliphatic carbocycles. The number of benzene rings is 1. The Kier molecular flexibility index (Phi) is 3.47. The molecular formula is C12H9F3N6O2. The monoisotopic (exact) mass is 326 g/mol. The van der Waals surface area contributed by atoms with Gasteiger partial charge in [0.1, 0.15) is 0 Å². The highest BCUT2D eigenvalue weighted by Gasteiger charge is 2.38. The predicted octanol–water partition coefficient (Wildman–Crippen LogP) is 1.09. The number of hydrogen-bond donors (Lipinski definition) is 0. The molecule has 11 heteroatoms. The lowest BCUT2D eigenvalue weighted by Gasteiger charge is -2.01. The molecule has 2 aromatic heterocycles. The van der Waals surface area contributed by atoms with Crippen LogP contribution in [0.2, 0.25) is 0 Å². The van der Waals surface area contributed by atoms with Crippen molar-refractivity contribution >= 4 is 0 Å². The second-order valence-corrected chi connectivity index (χ2v) is 4.66. The minimum atomic E-state index is -4.68. The molecule has 2 heterocycles. The third kappa shape index (κ3) is 2.98. The Morgan fingerprint density at radius 3 is 2.39 bits per heavy atom. The van der Waals surface area contributed by atoms with Crippen LogP contribution in [-0.2, 0) is 19.8 Å². The molecule has 0 saturated heterocycles. The van der Waals surface area contributed by atoms with Crippen molar-refractivity contribution in [2.24, 2.45) is 7.05 Å². The molecule has 3 rings (SSSR count). The molecule has 23 heavy (non-hydrogen) atoms. The molecule has 0 unspecified atom stereocenters. The average Bonchev–Trinajstić information content (AvgIpc) is 3.11. The third-order valence-electron chi connectivity index (χ3n) is 2.99. The number of tetrazole rings is 1. The first-order valence-corrected chi connectivity index (χ1v) is 6.31. The standard InChI is InChI=1S/C12H9F3N6O2/c1-20-11(22)21(19-18-20)6-7-2-4-8(5-3-7)9-16-10(23-17-9)12(13,14)15/h2-5H,6H2,1H3. The fourth-order valence-corrected chi connectivity index (χ4v) is 1.84. The van der Waals surface area contributed by atoms with Crippen LogP contribution in [0.15, 0.2) is 33.6 Å². The van der Waals surface area contributed by atoms with Crippen LogP contribution in [0.5, 0.6) is 0 Å². The van der Waals surface area contributed by atoms with Gasteiger partial charge < -0.3 is 4.52 Å². The van der Waals surface area contributed by atoms with Gasteiger partial charge in [-0.25, -0.2) is 4.79 Å². The van der Waals surface area contributed by atoms with E-state index in [0.717, 1.165) is 14.9 Å². The van der Waals surface area contributed by atoms with Gasteiger partial charge in [0, 0.05) is 12.6 Å². The van der Waals surface area contributed by atoms with Gasteiger partial charge in [-0.05, 0) is 16.0 Å². The highest BCUT2D eigenvalue weighted by molar-refractivity contribution is 5.54. The molecule has 0 aliphatic rings. The lowest BCUT2D eigenvalue weighted by Crippen LogP contribution is -2.23. The van der Waals surface area contributed by atoms with Crippen LogP contribution in [-0.4, -0.2) is 29.9 Å². The van der Waals surface area contributed by atoms with Crippen molar-refractivity contribution in [1.82, 2.24) is 29.9 Å². The minimum absolute atomic E-state index is 0.166. The largest absolute Gasteiger partial charge is 0.471 e. The number of alkyl halides is 3. The number of nitrogens with zero attached hydrogens (tertiary/aromatic N) is 6. The second kappa shape index (κ2) is 5.34. The summed E-state index contributed by atoms with van der Waals surface area (Å²) in [6.07, 6.45) is -4.68. The summed E-state index contributed by atoms with van der Waals surface area (Å²) in [5, 5.41) is 10.6. The fraction of sp³-hybridized carbons (Fsp3) is 0.250. The van der Waals surface area contributed by atoms with Gasteiger partial charge in [0.15, 0.2) is 0 Å². The zero-order valence-electron chi connectivity index (χ0n) is 11.7. The maximum absolute atomic E-state index is 12.4. The lowest BCUT2D eigenvalue weighted by molar-refractivity contribution is -0.159. The first-order valence-electron chi connectivity index (χ1n) is 6.31. The van der Waals surface area contributed by atoms with Gasteiger partial charge >= 0.3 is 17.8 Å². The molecular weight excluding hydrogens is 317 g/mol. The summed E-state index contributed by atoms with van der Waals surface area (Å²) in [4.78, 5) is 14.9. The van der Waals surface area contributed by atoms with E-state index in [-0.39, 0.29) is 18.1 Å². The summed E-state index contributed by atoms with van der Waals surface area (Å²) in [5.74, 6) is -1.57. The summed E-state index contributed by atoms with van der Waals surface area (Å²) in [6, 6.07) is 6.31. The van der Waals surface area contributed by atoms with Gasteiger partial charge in [0.05, 0.1) is 6.54 Å². The maximum Gasteiger partial charge on any atom is 0.471 e. The molecule has 0 atom stereocenters. The molecule has 3 aromatic rings. The smallest absolute Gasteiger partial charge is 0.329 e. The minimum Gasteiger partial charge on any atom is -0.329 e. The van der Waals surface area contributed by atoms with Crippen molar-refractivity contribution in [2.75, 3.05) is 0 Å². The number of rotatable bonds is 3. The van der Waals surface area contributed by atoms with Crippen molar-refractivity contribution in [1.29, 1.82) is 0 Å². The number of halogens is 3. The van der Waals surface area contributed by atoms with Gasteiger partial charge in [-0.15, -0.1) is 0 Å². The van der Waals surface area contributed by atoms with Gasteiger partial charge in [-0.1, -0.05) is 29.4 Å². The molecule has 0 radical (unpaired) electrons. The Morgan fingerprint density at radius 1 is 1.17 bits per heavy atom. The van der Waals surface area contributed by atoms with E-state index < -0.39 is 12.1 Å². The van der Waals surface area contributed by atoms with E-state index in [2.05, 4.69) is 25.1 Å². The highest BCUT2D eigenvalue weighted by Crippen LogP contribution is 2.29. The Morgan fingerprint density at radius 2 is 1.87 bits per heavy atom. The molecule has 120 valence electrons. The SMILES string of the molecule is Cn1nnn(Cc2ccc(-c3noc(C(F)(F)F)n3)cc2)c1=O. The zero-order valence-corrected chi connectivity index (χ0v) is 11.7. The second-order valence-electron chi connectivity index (χ2n) is 4.66. The zero-order chi connectivity index (χ0) is 16.6. The summed E-state index contributed by atoms with van der Waals surface area (Å²) < 4.78 is 43.7. The Hall–Kier alpha value is -2.98. The average molecular weight is 326 g/mol. The number of aromatic nitrogens is 6. The van der Waals surface area contributed by atoms with E-state index >= 15 is 0 Å². The topological polar surface area (TPSA) is 91.6 Å². The van der Waals surface area contributed by atoms with Crippen LogP contribution in [0.25, 0.3) is 11.4 Å². The van der Waals surface area contributed by atoms with Gasteiger partial charge in [0.25, 0.3) is 0 Å². The van der Waals surface area contributed by atoms with Crippen LogP contribution in [0.4, 0.5) is 13.2 Å². The summed E-state index contributed by atoms with van der Waals surface area (Å²) in [5.41, 5.74) is 0.706. The molecule has 0 fully saturated rings. The van der Waals surface area contributed by atoms with E-state index in [1.165, 1.54) is 19.2 Å². The number of aryl methyl sites for hydroxylation is 1. The van der Waals surface area contributed by atoms with Crippen molar-refractivity contribution in [3.05, 3.63) is 46.2 Å². The summed E-state index contributed by atoms with van der Waals surface area (Å²) >= 11 is 0. The first-order chi connectivity index (χ1) is 10.8. The van der Waals surface area contributed by atoms with Gasteiger partial charge in [-0.3, -0.25) is 0 Å².